The maximum absolute atomic E-state index is 12.4. The van der Waals surface area contributed by atoms with Crippen molar-refractivity contribution in [2.75, 3.05) is 17.1 Å². The molecule has 0 aromatic heterocycles. The Kier molecular flexibility index (Phi) is 5.91. The summed E-state index contributed by atoms with van der Waals surface area (Å²) in [6.07, 6.45) is 5.10. The molecule has 1 atom stereocenters. The van der Waals surface area contributed by atoms with E-state index in [0.717, 1.165) is 18.4 Å². The summed E-state index contributed by atoms with van der Waals surface area (Å²) in [7, 11) is -3.25. The second-order valence-corrected chi connectivity index (χ2v) is 9.03. The number of nitrogens with zero attached hydrogens (tertiary/aromatic N) is 1. The molecule has 0 radical (unpaired) electrons. The van der Waals surface area contributed by atoms with Crippen molar-refractivity contribution in [2.45, 2.75) is 52.5 Å². The summed E-state index contributed by atoms with van der Waals surface area (Å²) in [6.45, 7) is 6.88. The Morgan fingerprint density at radius 1 is 1.25 bits per heavy atom. The molecule has 1 heterocycles. The average Bonchev–Trinajstić information content (AvgIpc) is 2.89. The van der Waals surface area contributed by atoms with E-state index in [-0.39, 0.29) is 11.9 Å². The number of carbonyl (C=O) groups is 1. The Morgan fingerprint density at radius 3 is 2.58 bits per heavy atom. The summed E-state index contributed by atoms with van der Waals surface area (Å²) >= 11 is 0. The molecule has 0 spiro atoms. The van der Waals surface area contributed by atoms with Gasteiger partial charge in [-0.25, -0.2) is 8.42 Å². The molecule has 1 aromatic carbocycles. The summed E-state index contributed by atoms with van der Waals surface area (Å²) < 4.78 is 24.9. The van der Waals surface area contributed by atoms with Crippen LogP contribution in [-0.2, 0) is 16.4 Å². The number of carbonyl (C=O) groups excluding carboxylic acids is 1. The first kappa shape index (κ1) is 18.8. The van der Waals surface area contributed by atoms with Gasteiger partial charge in [0.15, 0.2) is 0 Å². The van der Waals surface area contributed by atoms with E-state index in [9.17, 15) is 13.2 Å². The zero-order chi connectivity index (χ0) is 17.9. The fraction of sp³-hybridized carbons (Fsp3) is 0.611. The Balaban J connectivity index is 2.00. The third-order valence-corrected chi connectivity index (χ3v) is 5.57. The Morgan fingerprint density at radius 2 is 1.96 bits per heavy atom. The molecule has 0 fully saturated rings. The lowest BCUT2D eigenvalue weighted by Gasteiger charge is -2.17. The molecule has 2 rings (SSSR count). The Labute approximate surface area is 145 Å². The molecule has 1 amide bonds. The second kappa shape index (κ2) is 7.55. The van der Waals surface area contributed by atoms with Gasteiger partial charge in [-0.15, -0.1) is 0 Å². The number of hydrogen-bond donors (Lipinski definition) is 1. The number of amides is 1. The van der Waals surface area contributed by atoms with E-state index in [0.29, 0.717) is 30.1 Å². The van der Waals surface area contributed by atoms with Crippen LogP contribution < -0.4 is 9.62 Å². The number of sulfonamides is 1. The molecule has 0 saturated heterocycles. The molecule has 5 nitrogen and oxygen atoms in total. The van der Waals surface area contributed by atoms with Gasteiger partial charge < -0.3 is 5.32 Å². The normalized spacial score (nSPS) is 15.5. The van der Waals surface area contributed by atoms with E-state index in [4.69, 9.17) is 0 Å². The van der Waals surface area contributed by atoms with Crippen molar-refractivity contribution in [3.05, 3.63) is 29.3 Å². The van der Waals surface area contributed by atoms with Gasteiger partial charge in [0.25, 0.3) is 5.91 Å². The molecule has 1 aliphatic heterocycles. The van der Waals surface area contributed by atoms with Crippen molar-refractivity contribution >= 4 is 21.6 Å². The highest BCUT2D eigenvalue weighted by atomic mass is 32.2. The van der Waals surface area contributed by atoms with Crippen LogP contribution in [0.15, 0.2) is 18.2 Å². The number of anilines is 1. The van der Waals surface area contributed by atoms with Crippen molar-refractivity contribution in [3.63, 3.8) is 0 Å². The third kappa shape index (κ3) is 4.72. The van der Waals surface area contributed by atoms with E-state index in [2.05, 4.69) is 19.2 Å². The lowest BCUT2D eigenvalue weighted by atomic mass is 10.0. The van der Waals surface area contributed by atoms with Crippen LogP contribution in [0.3, 0.4) is 0 Å². The first-order valence-electron chi connectivity index (χ1n) is 8.60. The molecule has 0 saturated carbocycles. The highest BCUT2D eigenvalue weighted by molar-refractivity contribution is 7.92. The van der Waals surface area contributed by atoms with E-state index in [1.165, 1.54) is 17.0 Å². The Hall–Kier alpha value is -1.56. The highest BCUT2D eigenvalue weighted by Gasteiger charge is 2.26. The minimum absolute atomic E-state index is 0.0901. The molecular formula is C18H28N2O3S. The summed E-state index contributed by atoms with van der Waals surface area (Å²) in [6, 6.07) is 5.40. The summed E-state index contributed by atoms with van der Waals surface area (Å²) in [5.74, 6) is 0.593. The van der Waals surface area contributed by atoms with Crippen molar-refractivity contribution < 1.29 is 13.2 Å². The number of nitrogens with one attached hydrogen (secondary N) is 1. The molecule has 1 unspecified atom stereocenters. The van der Waals surface area contributed by atoms with Crippen molar-refractivity contribution in [1.82, 2.24) is 5.32 Å². The number of rotatable bonds is 7. The SMILES string of the molecule is CC(C)CCCC(C)NC(=O)c1ccc2c(c1)CCN2S(C)(=O)=O. The molecule has 0 aliphatic carbocycles. The van der Waals surface area contributed by atoms with Gasteiger partial charge in [-0.05, 0) is 49.4 Å². The average molecular weight is 353 g/mol. The molecule has 134 valence electrons. The quantitative estimate of drug-likeness (QED) is 0.820. The van der Waals surface area contributed by atoms with Crippen LogP contribution in [0, 0.1) is 5.92 Å². The van der Waals surface area contributed by atoms with Gasteiger partial charge in [-0.2, -0.15) is 0 Å². The smallest absolute Gasteiger partial charge is 0.251 e. The Bertz CT molecular complexity index is 698. The van der Waals surface area contributed by atoms with Gasteiger partial charge in [0.1, 0.15) is 0 Å². The summed E-state index contributed by atoms with van der Waals surface area (Å²) in [5.41, 5.74) is 2.21. The van der Waals surface area contributed by atoms with Crippen LogP contribution in [0.25, 0.3) is 0 Å². The lowest BCUT2D eigenvalue weighted by molar-refractivity contribution is 0.0937. The predicted octanol–water partition coefficient (Wildman–Crippen LogP) is 2.95. The summed E-state index contributed by atoms with van der Waals surface area (Å²) in [4.78, 5) is 12.4. The zero-order valence-corrected chi connectivity index (χ0v) is 15.8. The van der Waals surface area contributed by atoms with E-state index in [1.54, 1.807) is 12.1 Å². The highest BCUT2D eigenvalue weighted by Crippen LogP contribution is 2.30. The fourth-order valence-corrected chi connectivity index (χ4v) is 4.03. The first-order valence-corrected chi connectivity index (χ1v) is 10.4. The van der Waals surface area contributed by atoms with Gasteiger partial charge in [-0.1, -0.05) is 26.7 Å². The number of fused-ring (bicyclic) bond motifs is 1. The standard InChI is InChI=1S/C18H28N2O3S/c1-13(2)6-5-7-14(3)19-18(21)16-8-9-17-15(12-16)10-11-20(17)24(4,22)23/h8-9,12-14H,5-7,10-11H2,1-4H3,(H,19,21). The fourth-order valence-electron chi connectivity index (χ4n) is 3.07. The second-order valence-electron chi connectivity index (χ2n) is 7.13. The van der Waals surface area contributed by atoms with Gasteiger partial charge in [0.05, 0.1) is 11.9 Å². The van der Waals surface area contributed by atoms with Gasteiger partial charge in [0, 0.05) is 18.2 Å². The zero-order valence-electron chi connectivity index (χ0n) is 15.0. The molecule has 1 aliphatic rings. The molecule has 1 N–H and O–H groups in total. The van der Waals surface area contributed by atoms with Crippen LogP contribution in [-0.4, -0.2) is 33.2 Å². The largest absolute Gasteiger partial charge is 0.350 e. The van der Waals surface area contributed by atoms with Crippen LogP contribution in [0.1, 0.15) is 56.0 Å². The van der Waals surface area contributed by atoms with Crippen molar-refractivity contribution in [1.29, 1.82) is 0 Å². The minimum atomic E-state index is -3.25. The molecular weight excluding hydrogens is 324 g/mol. The van der Waals surface area contributed by atoms with Crippen LogP contribution in [0.4, 0.5) is 5.69 Å². The number of hydrogen-bond acceptors (Lipinski definition) is 3. The predicted molar refractivity (Wildman–Crippen MR) is 98.0 cm³/mol. The van der Waals surface area contributed by atoms with E-state index in [1.807, 2.05) is 13.0 Å². The summed E-state index contributed by atoms with van der Waals surface area (Å²) in [5, 5.41) is 3.03. The maximum Gasteiger partial charge on any atom is 0.251 e. The van der Waals surface area contributed by atoms with Gasteiger partial charge >= 0.3 is 0 Å². The topological polar surface area (TPSA) is 66.5 Å². The van der Waals surface area contributed by atoms with Crippen LogP contribution >= 0.6 is 0 Å². The molecule has 0 bridgehead atoms. The molecule has 6 heteroatoms. The van der Waals surface area contributed by atoms with Gasteiger partial charge in [0.2, 0.25) is 10.0 Å². The molecule has 24 heavy (non-hydrogen) atoms. The minimum Gasteiger partial charge on any atom is -0.350 e. The maximum atomic E-state index is 12.4. The van der Waals surface area contributed by atoms with Crippen molar-refractivity contribution in [2.24, 2.45) is 5.92 Å². The third-order valence-electron chi connectivity index (χ3n) is 4.39. The van der Waals surface area contributed by atoms with Gasteiger partial charge in [-0.3, -0.25) is 9.10 Å². The number of benzene rings is 1. The first-order chi connectivity index (χ1) is 11.2. The lowest BCUT2D eigenvalue weighted by Crippen LogP contribution is -2.32. The monoisotopic (exact) mass is 352 g/mol. The van der Waals surface area contributed by atoms with Crippen LogP contribution in [0.5, 0.6) is 0 Å². The molecule has 1 aromatic rings. The van der Waals surface area contributed by atoms with E-state index >= 15 is 0 Å². The van der Waals surface area contributed by atoms with Crippen molar-refractivity contribution in [3.8, 4) is 0 Å². The van der Waals surface area contributed by atoms with Crippen LogP contribution in [0.2, 0.25) is 0 Å². The van der Waals surface area contributed by atoms with E-state index < -0.39 is 10.0 Å².